The third-order valence-corrected chi connectivity index (χ3v) is 10.1. The van der Waals surface area contributed by atoms with Gasteiger partial charge in [-0.1, -0.05) is 26.0 Å². The monoisotopic (exact) mass is 634 g/mol. The van der Waals surface area contributed by atoms with Gasteiger partial charge in [0.25, 0.3) is 0 Å². The second-order valence-electron chi connectivity index (χ2n) is 14.1. The molecule has 1 aromatic carbocycles. The summed E-state index contributed by atoms with van der Waals surface area (Å²) in [7, 11) is 0.124. The van der Waals surface area contributed by atoms with Crippen molar-refractivity contribution in [2.45, 2.75) is 77.7 Å². The van der Waals surface area contributed by atoms with Crippen molar-refractivity contribution < 1.29 is 29.4 Å². The molecule has 3 fully saturated rings. The van der Waals surface area contributed by atoms with Gasteiger partial charge in [0.15, 0.2) is 0 Å². The highest BCUT2D eigenvalue weighted by molar-refractivity contribution is 6.58. The van der Waals surface area contributed by atoms with E-state index < -0.39 is 12.5 Å². The molecule has 0 spiro atoms. The molecule has 0 amide bonds. The van der Waals surface area contributed by atoms with E-state index in [2.05, 4.69) is 34.3 Å². The van der Waals surface area contributed by atoms with E-state index in [1.807, 2.05) is 25.3 Å². The van der Waals surface area contributed by atoms with Crippen molar-refractivity contribution in [1.29, 1.82) is 0 Å². The molecule has 3 aliphatic rings. The minimum Gasteiger partial charge on any atom is -0.423 e. The molecule has 11 heteroatoms. The fourth-order valence-corrected chi connectivity index (χ4v) is 7.06. The molecule has 2 aromatic heterocycles. The molecular formula is C35H51BN4O6. The van der Waals surface area contributed by atoms with Crippen molar-refractivity contribution in [2.24, 2.45) is 5.41 Å². The number of ether oxygens (including phenoxy) is 3. The summed E-state index contributed by atoms with van der Waals surface area (Å²) in [5, 5.41) is 31.7. The Kier molecular flexibility index (Phi) is 10.4. The van der Waals surface area contributed by atoms with Crippen LogP contribution in [0.5, 0.6) is 0 Å². The van der Waals surface area contributed by atoms with Crippen molar-refractivity contribution in [3.8, 4) is 11.3 Å². The molecule has 0 bridgehead atoms. The largest absolute Gasteiger partial charge is 0.488 e. The number of aliphatic hydroxyl groups excluding tert-OH is 1. The fourth-order valence-electron chi connectivity index (χ4n) is 7.06. The Hall–Kier alpha value is -2.51. The summed E-state index contributed by atoms with van der Waals surface area (Å²) in [5.74, 6) is 0. The van der Waals surface area contributed by atoms with E-state index in [1.54, 1.807) is 13.2 Å². The summed E-state index contributed by atoms with van der Waals surface area (Å²) in [6.07, 6.45) is 6.91. The zero-order valence-electron chi connectivity index (χ0n) is 28.0. The van der Waals surface area contributed by atoms with Gasteiger partial charge in [-0.3, -0.25) is 9.88 Å². The standard InChI is InChI=1S/C35H51BN4O6/c1-24(44-4)33-30(20-27(22-37-33)39-13-11-38(12-14-39)26-6-7-26)34-31(21-35(2,3)23-41)29-19-25(36(42)43)5-8-32(29)40(34)15-18-46-28-9-16-45-17-10-28/h5,8,19-20,22,24,26,28,41-43H,6-7,9-18,21,23H2,1-4H3. The van der Waals surface area contributed by atoms with Gasteiger partial charge in [0.2, 0.25) is 0 Å². The highest BCUT2D eigenvalue weighted by Crippen LogP contribution is 2.41. The number of aromatic nitrogens is 2. The van der Waals surface area contributed by atoms with E-state index in [-0.39, 0.29) is 18.8 Å². The molecule has 3 aromatic rings. The van der Waals surface area contributed by atoms with E-state index in [1.165, 1.54) is 12.8 Å². The second kappa shape index (κ2) is 14.3. The minimum absolute atomic E-state index is 0.0131. The first-order valence-corrected chi connectivity index (χ1v) is 17.0. The van der Waals surface area contributed by atoms with Crippen molar-refractivity contribution in [3.63, 3.8) is 0 Å². The molecule has 2 saturated heterocycles. The first-order valence-electron chi connectivity index (χ1n) is 17.0. The van der Waals surface area contributed by atoms with Gasteiger partial charge in [0.05, 0.1) is 42.1 Å². The molecule has 3 N–H and O–H groups in total. The van der Waals surface area contributed by atoms with E-state index in [9.17, 15) is 15.2 Å². The number of fused-ring (bicyclic) bond motifs is 1. The number of nitrogens with zero attached hydrogens (tertiary/aromatic N) is 4. The maximum Gasteiger partial charge on any atom is 0.488 e. The first kappa shape index (κ1) is 33.4. The number of benzene rings is 1. The molecule has 1 aliphatic carbocycles. The molecule has 2 aliphatic heterocycles. The summed E-state index contributed by atoms with van der Waals surface area (Å²) >= 11 is 0. The SMILES string of the molecule is COC(C)c1ncc(N2CCN(C3CC3)CC2)cc1-c1c(CC(C)(C)CO)c2cc(B(O)O)ccc2n1CCOC1CCOCC1. The number of methoxy groups -OCH3 is 1. The van der Waals surface area contributed by atoms with Gasteiger partial charge >= 0.3 is 7.12 Å². The van der Waals surface area contributed by atoms with Crippen molar-refractivity contribution in [1.82, 2.24) is 14.5 Å². The Labute approximate surface area is 273 Å². The van der Waals surface area contributed by atoms with Crippen LogP contribution in [0.4, 0.5) is 5.69 Å². The lowest BCUT2D eigenvalue weighted by Gasteiger charge is -2.36. The van der Waals surface area contributed by atoms with Crippen LogP contribution in [0, 0.1) is 5.41 Å². The van der Waals surface area contributed by atoms with Gasteiger partial charge in [-0.05, 0) is 67.6 Å². The van der Waals surface area contributed by atoms with E-state index in [0.29, 0.717) is 25.0 Å². The number of anilines is 1. The Morgan fingerprint density at radius 3 is 2.46 bits per heavy atom. The van der Waals surface area contributed by atoms with E-state index in [0.717, 1.165) is 97.4 Å². The van der Waals surface area contributed by atoms with Crippen LogP contribution in [-0.2, 0) is 27.2 Å². The van der Waals surface area contributed by atoms with Gasteiger partial charge in [0, 0.05) is 82.2 Å². The van der Waals surface area contributed by atoms with Gasteiger partial charge in [0.1, 0.15) is 0 Å². The van der Waals surface area contributed by atoms with Crippen LogP contribution in [0.25, 0.3) is 22.2 Å². The molecule has 1 saturated carbocycles. The summed E-state index contributed by atoms with van der Waals surface area (Å²) in [6, 6.07) is 8.67. The Morgan fingerprint density at radius 2 is 1.80 bits per heavy atom. The third-order valence-electron chi connectivity index (χ3n) is 10.1. The highest BCUT2D eigenvalue weighted by Gasteiger charge is 2.33. The molecule has 1 unspecified atom stereocenters. The average molecular weight is 635 g/mol. The lowest BCUT2D eigenvalue weighted by molar-refractivity contribution is -0.0336. The summed E-state index contributed by atoms with van der Waals surface area (Å²) in [5.41, 5.74) is 5.99. The van der Waals surface area contributed by atoms with Crippen LogP contribution in [0.2, 0.25) is 0 Å². The average Bonchev–Trinajstić information content (AvgIpc) is 3.89. The number of hydrogen-bond acceptors (Lipinski definition) is 9. The normalized spacial score (nSPS) is 19.2. The van der Waals surface area contributed by atoms with Gasteiger partial charge in [-0.2, -0.15) is 0 Å². The van der Waals surface area contributed by atoms with E-state index in [4.69, 9.17) is 19.2 Å². The Bertz CT molecular complexity index is 1480. The molecule has 6 rings (SSSR count). The molecule has 10 nitrogen and oxygen atoms in total. The zero-order chi connectivity index (χ0) is 32.4. The molecule has 0 radical (unpaired) electrons. The zero-order valence-corrected chi connectivity index (χ0v) is 28.0. The topological polar surface area (TPSA) is 113 Å². The number of rotatable bonds is 13. The minimum atomic E-state index is -1.59. The molecule has 1 atom stereocenters. The van der Waals surface area contributed by atoms with Gasteiger partial charge in [-0.25, -0.2) is 0 Å². The lowest BCUT2D eigenvalue weighted by Crippen LogP contribution is -2.47. The Morgan fingerprint density at radius 1 is 1.07 bits per heavy atom. The van der Waals surface area contributed by atoms with Crippen LogP contribution in [-0.4, -0.2) is 109 Å². The van der Waals surface area contributed by atoms with E-state index >= 15 is 0 Å². The van der Waals surface area contributed by atoms with Crippen molar-refractivity contribution >= 4 is 29.2 Å². The van der Waals surface area contributed by atoms with Crippen LogP contribution in [0.3, 0.4) is 0 Å². The van der Waals surface area contributed by atoms with Gasteiger partial charge in [-0.15, -0.1) is 0 Å². The summed E-state index contributed by atoms with van der Waals surface area (Å²) in [6.45, 7) is 12.8. The molecule has 250 valence electrons. The van der Waals surface area contributed by atoms with Crippen LogP contribution >= 0.6 is 0 Å². The lowest BCUT2D eigenvalue weighted by atomic mass is 9.78. The third kappa shape index (κ3) is 7.31. The predicted octanol–water partition coefficient (Wildman–Crippen LogP) is 3.13. The summed E-state index contributed by atoms with van der Waals surface area (Å²) < 4.78 is 20.1. The number of pyridine rings is 1. The van der Waals surface area contributed by atoms with Gasteiger partial charge < -0.3 is 38.8 Å². The maximum absolute atomic E-state index is 10.4. The second-order valence-corrected chi connectivity index (χ2v) is 14.1. The number of piperazine rings is 1. The quantitative estimate of drug-likeness (QED) is 0.244. The molecule has 46 heavy (non-hydrogen) atoms. The van der Waals surface area contributed by atoms with Crippen molar-refractivity contribution in [2.75, 3.05) is 64.6 Å². The number of aliphatic hydroxyl groups is 1. The summed E-state index contributed by atoms with van der Waals surface area (Å²) in [4.78, 5) is 10.1. The van der Waals surface area contributed by atoms with Crippen LogP contribution in [0.15, 0.2) is 30.5 Å². The van der Waals surface area contributed by atoms with Crippen LogP contribution < -0.4 is 10.4 Å². The van der Waals surface area contributed by atoms with Crippen molar-refractivity contribution in [3.05, 3.63) is 41.7 Å². The predicted molar refractivity (Wildman–Crippen MR) is 182 cm³/mol. The number of hydrogen-bond donors (Lipinski definition) is 3. The smallest absolute Gasteiger partial charge is 0.423 e. The van der Waals surface area contributed by atoms with Crippen LogP contribution in [0.1, 0.15) is 63.8 Å². The first-order chi connectivity index (χ1) is 22.2. The maximum atomic E-state index is 10.4. The molecular weight excluding hydrogens is 583 g/mol. The Balaban J connectivity index is 1.49. The fraction of sp³-hybridized carbons (Fsp3) is 0.629. The molecule has 4 heterocycles. The highest BCUT2D eigenvalue weighted by atomic mass is 16.5.